The fourth-order valence-electron chi connectivity index (χ4n) is 2.00. The summed E-state index contributed by atoms with van der Waals surface area (Å²) in [5.74, 6) is 6.19. The molecule has 5 heteroatoms. The Kier molecular flexibility index (Phi) is 21.3. The lowest BCUT2D eigenvalue weighted by molar-refractivity contribution is 0.298. The molecule has 0 amide bonds. The van der Waals surface area contributed by atoms with E-state index in [0.29, 0.717) is 8.50 Å². The minimum atomic E-state index is -0.0445. The molecule has 0 bridgehead atoms. The van der Waals surface area contributed by atoms with Crippen molar-refractivity contribution < 1.29 is 9.05 Å². The number of hydrogen-bond acceptors (Lipinski definition) is 2. The summed E-state index contributed by atoms with van der Waals surface area (Å²) in [5, 5.41) is 0. The van der Waals surface area contributed by atoms with Crippen molar-refractivity contribution in [1.82, 2.24) is 0 Å². The van der Waals surface area contributed by atoms with Crippen LogP contribution < -0.4 is 0 Å². The van der Waals surface area contributed by atoms with E-state index in [0.717, 1.165) is 32.1 Å². The van der Waals surface area contributed by atoms with E-state index in [9.17, 15) is 0 Å². The molecule has 0 aliphatic rings. The van der Waals surface area contributed by atoms with Crippen LogP contribution in [0.2, 0.25) is 0 Å². The average Bonchev–Trinajstić information content (AvgIpc) is 2.68. The zero-order valence-corrected chi connectivity index (χ0v) is 20.0. The topological polar surface area (TPSA) is 18.5 Å². The van der Waals surface area contributed by atoms with Crippen molar-refractivity contribution in [2.75, 3.05) is 0 Å². The van der Waals surface area contributed by atoms with Crippen LogP contribution in [0.25, 0.3) is 0 Å². The first kappa shape index (κ1) is 26.5. The van der Waals surface area contributed by atoms with Crippen molar-refractivity contribution in [3.05, 3.63) is 60.8 Å². The van der Waals surface area contributed by atoms with Gasteiger partial charge in [-0.25, -0.2) is 0 Å². The number of rotatable bonds is 14. The van der Waals surface area contributed by atoms with Crippen LogP contribution >= 0.6 is 26.9 Å². The zero-order chi connectivity index (χ0) is 20.0. The highest BCUT2D eigenvalue weighted by atomic mass is 32.0. The first-order valence-corrected chi connectivity index (χ1v) is 12.7. The third-order valence-electron chi connectivity index (χ3n) is 3.43. The van der Waals surface area contributed by atoms with Gasteiger partial charge >= 0.3 is 0 Å². The maximum absolute atomic E-state index is 5.62. The lowest BCUT2D eigenvalue weighted by atomic mass is 10.2. The van der Waals surface area contributed by atoms with Gasteiger partial charge in [0.05, 0.1) is 6.10 Å². The molecular weight excluding hydrogens is 389 g/mol. The lowest BCUT2D eigenvalue weighted by Crippen LogP contribution is -2.02. The van der Waals surface area contributed by atoms with Gasteiger partial charge in [-0.3, -0.25) is 0 Å². The summed E-state index contributed by atoms with van der Waals surface area (Å²) < 4.78 is 11.0. The van der Waals surface area contributed by atoms with Gasteiger partial charge in [-0.2, -0.15) is 0 Å². The van der Waals surface area contributed by atoms with Crippen LogP contribution in [0.1, 0.15) is 52.4 Å². The second kappa shape index (κ2) is 21.8. The molecule has 0 rings (SSSR count). The highest BCUT2D eigenvalue weighted by Crippen LogP contribution is 2.24. The predicted octanol–water partition coefficient (Wildman–Crippen LogP) is 7.10. The molecule has 150 valence electrons. The molecule has 0 fully saturated rings. The summed E-state index contributed by atoms with van der Waals surface area (Å²) in [4.78, 5) is 0. The summed E-state index contributed by atoms with van der Waals surface area (Å²) in [6.45, 7) is 4.31. The molecule has 0 heterocycles. The van der Waals surface area contributed by atoms with Crippen LogP contribution in [0.3, 0.4) is 0 Å². The largest absolute Gasteiger partial charge is 0.358 e. The monoisotopic (exact) mass is 424 g/mol. The molecule has 0 saturated heterocycles. The number of allylic oxidation sites excluding steroid dienone is 7. The van der Waals surface area contributed by atoms with Crippen LogP contribution in [-0.2, 0) is 9.05 Å². The Morgan fingerprint density at radius 3 is 2.48 bits per heavy atom. The van der Waals surface area contributed by atoms with Crippen molar-refractivity contribution in [2.24, 2.45) is 0 Å². The molecule has 0 spiro atoms. The Hall–Kier alpha value is -0.530. The molecule has 0 aliphatic carbocycles. The van der Waals surface area contributed by atoms with Crippen LogP contribution in [0.5, 0.6) is 0 Å². The summed E-state index contributed by atoms with van der Waals surface area (Å²) >= 11 is 0. The molecule has 2 nitrogen and oxygen atoms in total. The number of hydrogen-bond donors (Lipinski definition) is 0. The Balaban J connectivity index is 4.30. The summed E-state index contributed by atoms with van der Waals surface area (Å²) in [6, 6.07) is 0. The maximum atomic E-state index is 5.62. The minimum absolute atomic E-state index is 0.0445. The van der Waals surface area contributed by atoms with Gasteiger partial charge in [-0.15, -0.1) is 0 Å². The van der Waals surface area contributed by atoms with Crippen LogP contribution in [0, 0.1) is 11.8 Å². The SMILES string of the molecule is CC/C=C\C[C@@H](C#C/C=C/C=C/[C@H](C/C=C\C/C=C\CCC)OP)OPP. The van der Waals surface area contributed by atoms with Gasteiger partial charge in [0.15, 0.2) is 0 Å². The molecule has 5 atom stereocenters. The third-order valence-corrected chi connectivity index (χ3v) is 4.61. The Bertz CT molecular complexity index is 539. The van der Waals surface area contributed by atoms with Gasteiger partial charge in [0.25, 0.3) is 0 Å². The average molecular weight is 424 g/mol. The Morgan fingerprint density at radius 2 is 1.78 bits per heavy atom. The van der Waals surface area contributed by atoms with Gasteiger partial charge < -0.3 is 9.05 Å². The second-order valence-corrected chi connectivity index (χ2v) is 7.20. The van der Waals surface area contributed by atoms with Crippen molar-refractivity contribution in [3.8, 4) is 11.8 Å². The van der Waals surface area contributed by atoms with Crippen molar-refractivity contribution in [2.45, 2.75) is 64.6 Å². The Morgan fingerprint density at radius 1 is 1.00 bits per heavy atom. The molecule has 0 radical (unpaired) electrons. The second-order valence-electron chi connectivity index (χ2n) is 5.75. The van der Waals surface area contributed by atoms with Crippen LogP contribution in [0.4, 0.5) is 0 Å². The third kappa shape index (κ3) is 18.6. The summed E-state index contributed by atoms with van der Waals surface area (Å²) in [6.07, 6.45) is 26.9. The summed E-state index contributed by atoms with van der Waals surface area (Å²) in [5.41, 5.74) is 0. The van der Waals surface area contributed by atoms with Crippen LogP contribution in [0.15, 0.2) is 60.8 Å². The van der Waals surface area contributed by atoms with Crippen LogP contribution in [-0.4, -0.2) is 12.2 Å². The van der Waals surface area contributed by atoms with Crippen molar-refractivity contribution >= 4 is 26.9 Å². The van der Waals surface area contributed by atoms with E-state index in [1.807, 2.05) is 24.3 Å². The molecule has 0 saturated carbocycles. The molecule has 27 heavy (non-hydrogen) atoms. The molecule has 0 N–H and O–H groups in total. The van der Waals surface area contributed by atoms with Gasteiger partial charge in [0.2, 0.25) is 0 Å². The van der Waals surface area contributed by atoms with Gasteiger partial charge in [0, 0.05) is 24.4 Å². The molecule has 0 aromatic carbocycles. The predicted molar refractivity (Wildman–Crippen MR) is 130 cm³/mol. The van der Waals surface area contributed by atoms with E-state index in [1.54, 1.807) is 0 Å². The number of unbranched alkanes of at least 4 members (excludes halogenated alkanes) is 1. The zero-order valence-electron chi connectivity index (χ0n) is 16.6. The van der Waals surface area contributed by atoms with Gasteiger partial charge in [0.1, 0.15) is 6.10 Å². The summed E-state index contributed by atoms with van der Waals surface area (Å²) in [7, 11) is 5.31. The lowest BCUT2D eigenvalue weighted by Gasteiger charge is -2.06. The fraction of sp³-hybridized carbons (Fsp3) is 0.455. The van der Waals surface area contributed by atoms with E-state index >= 15 is 0 Å². The minimum Gasteiger partial charge on any atom is -0.358 e. The van der Waals surface area contributed by atoms with E-state index in [2.05, 4.69) is 80.5 Å². The molecule has 0 aliphatic heterocycles. The first-order chi connectivity index (χ1) is 13.3. The van der Waals surface area contributed by atoms with E-state index in [4.69, 9.17) is 9.05 Å². The normalized spacial score (nSPS) is 15.1. The smallest absolute Gasteiger partial charge is 0.126 e. The van der Waals surface area contributed by atoms with Gasteiger partial charge in [-0.05, 0) is 31.8 Å². The van der Waals surface area contributed by atoms with E-state index < -0.39 is 0 Å². The standard InChI is InChI=1S/C22H35O2P3/c1-3-5-7-8-9-10-14-17-21(23-25)18-15-11-12-16-20-22(24-27-26)19-13-6-4-2/h6-8,10-15,18,21-22,27H,3-5,9,17,19,25-26H2,1-2H3/b8-7-,12-11+,13-6-,14-10-,18-15+/t21-,22-/m0/s1. The molecule has 3 unspecified atom stereocenters. The fourth-order valence-corrected chi connectivity index (χ4v) is 3.02. The molecule has 0 aromatic rings. The van der Waals surface area contributed by atoms with E-state index in [-0.39, 0.29) is 12.2 Å². The van der Waals surface area contributed by atoms with E-state index in [1.165, 1.54) is 6.42 Å². The molecule has 0 aromatic heterocycles. The van der Waals surface area contributed by atoms with Crippen molar-refractivity contribution in [1.29, 1.82) is 0 Å². The van der Waals surface area contributed by atoms with Crippen molar-refractivity contribution in [3.63, 3.8) is 0 Å². The highest BCUT2D eigenvalue weighted by molar-refractivity contribution is 8.00. The Labute approximate surface area is 173 Å². The maximum Gasteiger partial charge on any atom is 0.126 e. The first-order valence-electron chi connectivity index (χ1n) is 9.54. The highest BCUT2D eigenvalue weighted by Gasteiger charge is 2.00. The quantitative estimate of drug-likeness (QED) is 0.128. The van der Waals surface area contributed by atoms with Gasteiger partial charge in [-0.1, -0.05) is 95.7 Å². The molecular formula is C22H35O2P3.